The molecule has 0 fully saturated rings. The number of carbonyl (C=O) groups excluding carboxylic acids is 3. The van der Waals surface area contributed by atoms with Crippen molar-refractivity contribution in [2.75, 3.05) is 18.1 Å². The fourth-order valence-corrected chi connectivity index (χ4v) is 4.45. The SMILES string of the molecule is CCOC(=O)c1cc2n(n1)CC(C)(C(=O)NCCC(C)C)N(c1ccc(CI)cc1C)C2=O. The zero-order valence-corrected chi connectivity index (χ0v) is 21.9. The number of alkyl halides is 1. The standard InChI is InChI=1S/C24H31IN4O4/c1-6-33-22(31)18-12-20-21(30)29(19-8-7-17(13-25)11-16(19)4)24(5,14-28(20)27-18)23(32)26-10-9-15(2)3/h7-8,11-12,15H,6,9-10,13-14H2,1-5H3,(H,26,32). The maximum Gasteiger partial charge on any atom is 0.358 e. The van der Waals surface area contributed by atoms with E-state index in [1.165, 1.54) is 10.7 Å². The van der Waals surface area contributed by atoms with E-state index in [0.29, 0.717) is 18.2 Å². The van der Waals surface area contributed by atoms with E-state index in [1.807, 2.05) is 25.1 Å². The summed E-state index contributed by atoms with van der Waals surface area (Å²) < 4.78 is 7.34. The third-order valence-electron chi connectivity index (χ3n) is 5.79. The maximum atomic E-state index is 13.8. The predicted octanol–water partition coefficient (Wildman–Crippen LogP) is 3.88. The van der Waals surface area contributed by atoms with Crippen LogP contribution in [0.15, 0.2) is 24.3 Å². The van der Waals surface area contributed by atoms with Gasteiger partial charge in [-0.2, -0.15) is 5.10 Å². The molecule has 33 heavy (non-hydrogen) atoms. The number of esters is 1. The fraction of sp³-hybridized carbons (Fsp3) is 0.500. The van der Waals surface area contributed by atoms with Crippen molar-refractivity contribution < 1.29 is 19.1 Å². The molecule has 0 spiro atoms. The number of ether oxygens (including phenoxy) is 1. The molecular weight excluding hydrogens is 535 g/mol. The van der Waals surface area contributed by atoms with E-state index in [2.05, 4.69) is 46.9 Å². The van der Waals surface area contributed by atoms with Gasteiger partial charge in [-0.1, -0.05) is 48.6 Å². The van der Waals surface area contributed by atoms with Gasteiger partial charge in [0.15, 0.2) is 5.69 Å². The first-order chi connectivity index (χ1) is 15.6. The van der Waals surface area contributed by atoms with Crippen LogP contribution in [0.4, 0.5) is 5.69 Å². The number of hydrogen-bond donors (Lipinski definition) is 1. The van der Waals surface area contributed by atoms with Crippen LogP contribution in [0.3, 0.4) is 0 Å². The molecule has 0 saturated carbocycles. The molecule has 1 aliphatic heterocycles. The number of aromatic nitrogens is 2. The van der Waals surface area contributed by atoms with E-state index < -0.39 is 11.5 Å². The molecule has 0 radical (unpaired) electrons. The summed E-state index contributed by atoms with van der Waals surface area (Å²) in [5.74, 6) is -0.789. The summed E-state index contributed by atoms with van der Waals surface area (Å²) in [4.78, 5) is 41.0. The van der Waals surface area contributed by atoms with Crippen molar-refractivity contribution in [1.82, 2.24) is 15.1 Å². The molecular formula is C24H31IN4O4. The number of carbonyl (C=O) groups is 3. The fourth-order valence-electron chi connectivity index (χ4n) is 3.98. The van der Waals surface area contributed by atoms with Gasteiger partial charge >= 0.3 is 5.97 Å². The summed E-state index contributed by atoms with van der Waals surface area (Å²) in [7, 11) is 0. The minimum absolute atomic E-state index is 0.0570. The summed E-state index contributed by atoms with van der Waals surface area (Å²) >= 11 is 2.29. The van der Waals surface area contributed by atoms with Crippen LogP contribution in [-0.2, 0) is 20.5 Å². The summed E-state index contributed by atoms with van der Waals surface area (Å²) in [5.41, 5.74) is 1.79. The van der Waals surface area contributed by atoms with Crippen LogP contribution in [0, 0.1) is 12.8 Å². The Morgan fingerprint density at radius 1 is 1.30 bits per heavy atom. The highest BCUT2D eigenvalue weighted by molar-refractivity contribution is 14.1. The molecule has 1 atom stereocenters. The van der Waals surface area contributed by atoms with Gasteiger partial charge in [0.1, 0.15) is 11.2 Å². The lowest BCUT2D eigenvalue weighted by atomic mass is 9.92. The molecule has 1 unspecified atom stereocenters. The van der Waals surface area contributed by atoms with Crippen LogP contribution >= 0.6 is 22.6 Å². The van der Waals surface area contributed by atoms with Gasteiger partial charge in [-0.05, 0) is 50.3 Å². The Kier molecular flexibility index (Phi) is 7.81. The van der Waals surface area contributed by atoms with E-state index in [1.54, 1.807) is 18.7 Å². The highest BCUT2D eigenvalue weighted by Gasteiger charge is 2.49. The normalized spacial score (nSPS) is 17.8. The van der Waals surface area contributed by atoms with Crippen molar-refractivity contribution in [3.05, 3.63) is 46.8 Å². The molecule has 2 amide bonds. The molecule has 0 bridgehead atoms. The van der Waals surface area contributed by atoms with Crippen LogP contribution in [0.2, 0.25) is 0 Å². The molecule has 2 aromatic rings. The molecule has 178 valence electrons. The molecule has 0 saturated heterocycles. The first kappa shape index (κ1) is 25.2. The van der Waals surface area contributed by atoms with Crippen LogP contribution < -0.4 is 10.2 Å². The van der Waals surface area contributed by atoms with Gasteiger partial charge in [-0.3, -0.25) is 19.2 Å². The Bertz CT molecular complexity index is 1060. The van der Waals surface area contributed by atoms with E-state index >= 15 is 0 Å². The van der Waals surface area contributed by atoms with Gasteiger partial charge in [0.2, 0.25) is 5.91 Å². The number of rotatable bonds is 8. The highest BCUT2D eigenvalue weighted by Crippen LogP contribution is 2.35. The molecule has 0 aliphatic carbocycles. The van der Waals surface area contributed by atoms with Gasteiger partial charge in [-0.25, -0.2) is 4.79 Å². The number of hydrogen-bond acceptors (Lipinski definition) is 5. The van der Waals surface area contributed by atoms with Crippen molar-refractivity contribution in [2.24, 2.45) is 5.92 Å². The summed E-state index contributed by atoms with van der Waals surface area (Å²) in [5, 5.41) is 7.30. The summed E-state index contributed by atoms with van der Waals surface area (Å²) in [6.07, 6.45) is 0.833. The number of nitrogens with zero attached hydrogens (tertiary/aromatic N) is 3. The monoisotopic (exact) mass is 566 g/mol. The van der Waals surface area contributed by atoms with Gasteiger partial charge in [0, 0.05) is 22.7 Å². The van der Waals surface area contributed by atoms with Crippen LogP contribution in [0.5, 0.6) is 0 Å². The Balaban J connectivity index is 2.07. The Morgan fingerprint density at radius 2 is 2.03 bits per heavy atom. The lowest BCUT2D eigenvalue weighted by molar-refractivity contribution is -0.126. The van der Waals surface area contributed by atoms with Crippen LogP contribution in [0.1, 0.15) is 66.2 Å². The summed E-state index contributed by atoms with van der Waals surface area (Å²) in [6.45, 7) is 10.4. The third-order valence-corrected chi connectivity index (χ3v) is 6.67. The lowest BCUT2D eigenvalue weighted by Gasteiger charge is -2.43. The summed E-state index contributed by atoms with van der Waals surface area (Å²) in [6, 6.07) is 7.33. The van der Waals surface area contributed by atoms with Gasteiger partial charge in [0.05, 0.1) is 13.2 Å². The quantitative estimate of drug-likeness (QED) is 0.298. The van der Waals surface area contributed by atoms with Gasteiger partial charge in [-0.15, -0.1) is 0 Å². The molecule has 9 heteroatoms. The zero-order valence-electron chi connectivity index (χ0n) is 19.8. The van der Waals surface area contributed by atoms with Crippen molar-refractivity contribution in [3.63, 3.8) is 0 Å². The number of fused-ring (bicyclic) bond motifs is 1. The number of anilines is 1. The first-order valence-corrected chi connectivity index (χ1v) is 12.7. The van der Waals surface area contributed by atoms with Crippen molar-refractivity contribution >= 4 is 46.1 Å². The number of nitrogens with one attached hydrogen (secondary N) is 1. The first-order valence-electron chi connectivity index (χ1n) is 11.2. The lowest BCUT2D eigenvalue weighted by Crippen LogP contribution is -2.64. The molecule has 1 aliphatic rings. The van der Waals surface area contributed by atoms with Gasteiger partial charge < -0.3 is 10.1 Å². The largest absolute Gasteiger partial charge is 0.461 e. The van der Waals surface area contributed by atoms with Gasteiger partial charge in [0.25, 0.3) is 5.91 Å². The molecule has 2 heterocycles. The zero-order chi connectivity index (χ0) is 24.3. The predicted molar refractivity (Wildman–Crippen MR) is 135 cm³/mol. The van der Waals surface area contributed by atoms with E-state index in [0.717, 1.165) is 22.0 Å². The number of amides is 2. The Morgan fingerprint density at radius 3 is 2.64 bits per heavy atom. The second-order valence-electron chi connectivity index (χ2n) is 8.90. The molecule has 1 aromatic heterocycles. The second-order valence-corrected chi connectivity index (χ2v) is 9.66. The van der Waals surface area contributed by atoms with Crippen molar-refractivity contribution in [3.8, 4) is 0 Å². The Hall–Kier alpha value is -2.43. The third kappa shape index (κ3) is 5.07. The molecule has 1 aromatic carbocycles. The minimum Gasteiger partial charge on any atom is -0.461 e. The number of aryl methyl sites for hydroxylation is 1. The second kappa shape index (κ2) is 10.2. The Labute approximate surface area is 208 Å². The topological polar surface area (TPSA) is 93.5 Å². The average molecular weight is 566 g/mol. The smallest absolute Gasteiger partial charge is 0.358 e. The van der Waals surface area contributed by atoms with Crippen LogP contribution in [0.25, 0.3) is 0 Å². The maximum absolute atomic E-state index is 13.8. The average Bonchev–Trinajstić information content (AvgIpc) is 3.18. The van der Waals surface area contributed by atoms with E-state index in [-0.39, 0.29) is 36.4 Å². The number of benzene rings is 1. The molecule has 1 N–H and O–H groups in total. The van der Waals surface area contributed by atoms with E-state index in [9.17, 15) is 14.4 Å². The van der Waals surface area contributed by atoms with E-state index in [4.69, 9.17) is 4.74 Å². The highest BCUT2D eigenvalue weighted by atomic mass is 127. The number of halogens is 1. The minimum atomic E-state index is -1.23. The van der Waals surface area contributed by atoms with Crippen molar-refractivity contribution in [2.45, 2.75) is 57.6 Å². The molecule has 3 rings (SSSR count). The van der Waals surface area contributed by atoms with Crippen molar-refractivity contribution in [1.29, 1.82) is 0 Å². The van der Waals surface area contributed by atoms with Crippen LogP contribution in [-0.4, -0.2) is 46.3 Å². The molecule has 8 nitrogen and oxygen atoms in total.